The first kappa shape index (κ1) is 94.1. The number of amides is 7. The van der Waals surface area contributed by atoms with E-state index in [-0.39, 0.29) is 229 Å². The lowest BCUT2D eigenvalue weighted by molar-refractivity contribution is -0.285. The number of aliphatic hydroxyl groups is 9. The maximum atomic E-state index is 13.6. The van der Waals surface area contributed by atoms with E-state index < -0.39 is 123 Å². The van der Waals surface area contributed by atoms with Crippen LogP contribution in [0.1, 0.15) is 149 Å². The van der Waals surface area contributed by atoms with Gasteiger partial charge in [-0.15, -0.1) is 0 Å². The molecule has 3 aliphatic heterocycles. The molecular formula is C68H118N10O28. The molecule has 3 fully saturated rings. The number of hydrogen-bond donors (Lipinski definition) is 16. The van der Waals surface area contributed by atoms with Gasteiger partial charge in [0, 0.05) is 159 Å². The van der Waals surface area contributed by atoms with E-state index in [1.165, 1.54) is 20.8 Å². The summed E-state index contributed by atoms with van der Waals surface area (Å²) in [5.41, 5.74) is 7.60. The zero-order chi connectivity index (χ0) is 78.2. The maximum Gasteiger partial charge on any atom is 0.222 e. The Morgan fingerprint density at radius 1 is 0.415 bits per heavy atom. The Bertz CT molecular complexity index is 2420. The molecule has 3 aliphatic rings. The molecule has 38 heteroatoms. The molecule has 0 saturated carbocycles. The van der Waals surface area contributed by atoms with Crippen molar-refractivity contribution in [1.29, 1.82) is 0 Å². The van der Waals surface area contributed by atoms with Gasteiger partial charge in [0.2, 0.25) is 41.4 Å². The summed E-state index contributed by atoms with van der Waals surface area (Å²) in [5, 5.41) is 114. The second kappa shape index (κ2) is 54.5. The van der Waals surface area contributed by atoms with Crippen molar-refractivity contribution in [2.45, 2.75) is 229 Å². The Labute approximate surface area is 617 Å². The molecule has 0 aliphatic carbocycles. The molecule has 0 unspecified atom stereocenters. The molecule has 0 bridgehead atoms. The summed E-state index contributed by atoms with van der Waals surface area (Å²) in [6, 6.07) is -1.09. The quantitative estimate of drug-likeness (QED) is 0.0123. The van der Waals surface area contributed by atoms with Crippen LogP contribution in [0.4, 0.5) is 0 Å². The number of carbonyl (C=O) groups is 10. The first-order valence-corrected chi connectivity index (χ1v) is 36.6. The number of carbonyl (C=O) groups excluding carboxylic acids is 10. The normalized spacial score (nSPS) is 24.4. The lowest BCUT2D eigenvalue weighted by Crippen LogP contribution is -2.64. The number of nitrogens with one attached hydrogen (secondary N) is 7. The van der Waals surface area contributed by atoms with Crippen LogP contribution in [0.5, 0.6) is 0 Å². The number of ether oxygens (including phenoxy) is 9. The minimum atomic E-state index is -1.46. The van der Waals surface area contributed by atoms with E-state index in [0.29, 0.717) is 57.8 Å². The second-order valence-corrected chi connectivity index (χ2v) is 26.8. The van der Waals surface area contributed by atoms with Gasteiger partial charge in [0.1, 0.15) is 66.1 Å². The van der Waals surface area contributed by atoms with Crippen molar-refractivity contribution >= 4 is 58.7 Å². The summed E-state index contributed by atoms with van der Waals surface area (Å²) in [7, 11) is 0. The van der Waals surface area contributed by atoms with E-state index in [4.69, 9.17) is 48.2 Å². The molecule has 38 nitrogen and oxygen atoms in total. The highest BCUT2D eigenvalue weighted by atomic mass is 16.7. The highest BCUT2D eigenvalue weighted by Crippen LogP contribution is 2.32. The van der Waals surface area contributed by atoms with Gasteiger partial charge in [-0.25, -0.2) is 0 Å². The molecule has 106 heavy (non-hydrogen) atoms. The summed E-state index contributed by atoms with van der Waals surface area (Å²) in [5.74, 6) is -4.78. The molecular weight excluding hydrogens is 1400 g/mol. The number of nitrogens with zero attached hydrogens (tertiary/aromatic N) is 3. The van der Waals surface area contributed by atoms with E-state index in [1.54, 1.807) is 0 Å². The Balaban J connectivity index is 1.49. The SMILES string of the molecule is CC(=O)C[C@H]1[C@H](OCCCCC(=O)NCCCNC(=O)CCOCC(COCCC(=O)NCCCNC(=O)CCCCO[C@@H]2O[C@H](CO)[C@H](O)[C@H](O)[C@H]2CC(C)=O)(COCCC(=O)NCCCNC(=O)CCCCO[C@@H]2O[C@H](CO)[C@H](O)[C@H](O)[C@H]2NC(C)=O)CC(=O)CCCN=[N+]=[N-])O[C@H](CO)[C@H](O)[C@@H]1O. The number of ketones is 3. The van der Waals surface area contributed by atoms with Crippen molar-refractivity contribution in [2.75, 3.05) is 125 Å². The van der Waals surface area contributed by atoms with Gasteiger partial charge in [-0.3, -0.25) is 38.4 Å². The Hall–Kier alpha value is -6.11. The van der Waals surface area contributed by atoms with Gasteiger partial charge < -0.3 is 135 Å². The van der Waals surface area contributed by atoms with Crippen molar-refractivity contribution < 1.29 is 137 Å². The summed E-state index contributed by atoms with van der Waals surface area (Å²) in [6.45, 7) is 3.06. The molecule has 7 amide bonds. The first-order chi connectivity index (χ1) is 50.8. The van der Waals surface area contributed by atoms with Crippen molar-refractivity contribution in [3.8, 4) is 0 Å². The van der Waals surface area contributed by atoms with Gasteiger partial charge >= 0.3 is 0 Å². The predicted octanol–water partition coefficient (Wildman–Crippen LogP) is -3.32. The third-order valence-electron chi connectivity index (χ3n) is 17.5. The number of rotatable bonds is 59. The zero-order valence-corrected chi connectivity index (χ0v) is 61.4. The van der Waals surface area contributed by atoms with E-state index in [1.807, 2.05) is 0 Å². The minimum absolute atomic E-state index is 0.0136. The number of azide groups is 1. The minimum Gasteiger partial charge on any atom is -0.394 e. The van der Waals surface area contributed by atoms with Crippen molar-refractivity contribution in [3.05, 3.63) is 10.4 Å². The van der Waals surface area contributed by atoms with Crippen LogP contribution in [0, 0.1) is 17.3 Å². The average Bonchev–Trinajstić information content (AvgIpc) is 0.824. The second-order valence-electron chi connectivity index (χ2n) is 26.8. The molecule has 3 rings (SSSR count). The van der Waals surface area contributed by atoms with E-state index in [2.05, 4.69) is 47.2 Å². The number of Topliss-reactive ketones (excluding diaryl/α,β-unsaturated/α-hetero) is 3. The van der Waals surface area contributed by atoms with Gasteiger partial charge in [0.25, 0.3) is 0 Å². The average molecular weight is 1520 g/mol. The molecule has 608 valence electrons. The molecule has 0 radical (unpaired) electrons. The number of aliphatic hydroxyl groups excluding tert-OH is 9. The maximum absolute atomic E-state index is 13.6. The Kier molecular flexibility index (Phi) is 48.4. The fourth-order valence-corrected chi connectivity index (χ4v) is 11.8. The van der Waals surface area contributed by atoms with Crippen LogP contribution >= 0.6 is 0 Å². The molecule has 15 atom stereocenters. The smallest absolute Gasteiger partial charge is 0.222 e. The largest absolute Gasteiger partial charge is 0.394 e. The van der Waals surface area contributed by atoms with E-state index in [9.17, 15) is 93.9 Å². The number of hydrogen-bond acceptors (Lipinski definition) is 29. The molecule has 0 aromatic rings. The summed E-state index contributed by atoms with van der Waals surface area (Å²) in [4.78, 5) is 128. The lowest BCUT2D eigenvalue weighted by Gasteiger charge is -2.42. The fourth-order valence-electron chi connectivity index (χ4n) is 11.8. The predicted molar refractivity (Wildman–Crippen MR) is 371 cm³/mol. The number of unbranched alkanes of at least 4 members (excludes halogenated alkanes) is 3. The third kappa shape index (κ3) is 38.3. The molecule has 16 N–H and O–H groups in total. The first-order valence-electron chi connectivity index (χ1n) is 36.6. The van der Waals surface area contributed by atoms with Gasteiger partial charge in [-0.1, -0.05) is 5.11 Å². The van der Waals surface area contributed by atoms with Crippen molar-refractivity contribution in [1.82, 2.24) is 37.2 Å². The molecule has 0 aromatic carbocycles. The standard InChI is InChI=1S/C68H118N10O28/c1-43(82)34-47-59(92)61(94)49(37-79)104-65(47)101-28-7-4-15-52(86)70-21-11-24-73-55(89)18-31-98-40-68(36-46(85)14-10-27-76-78-69,41-99-32-19-56(90)74-25-12-22-71-53(87)16-5-8-29-102-66-48(35-44(2)83)60(93)62(95)50(38-80)105-66)42-100-33-20-57(91)75-26-13-23-72-54(88)17-6-9-30-103-67-58(77-45(3)84)64(97)63(96)51(39-81)106-67/h47-51,58-67,79-81,92-97H,4-42H2,1-3H3,(H,70,86)(H,71,87)(H,72,88)(H,73,89)(H,74,90)(H,75,91)(H,77,84)/t47-,48-,49-,50-,51-,58-,59-,60-,61+,62+,63+,64-,65-,66-,67-/m1/s1. The van der Waals surface area contributed by atoms with Crippen LogP contribution in [-0.4, -0.2) is 310 Å². The van der Waals surface area contributed by atoms with Crippen molar-refractivity contribution in [2.24, 2.45) is 22.4 Å². The molecule has 3 saturated heterocycles. The lowest BCUT2D eigenvalue weighted by atomic mass is 9.84. The summed E-state index contributed by atoms with van der Waals surface area (Å²) < 4.78 is 52.1. The Morgan fingerprint density at radius 2 is 0.745 bits per heavy atom. The van der Waals surface area contributed by atoms with Crippen LogP contribution in [0.3, 0.4) is 0 Å². The summed E-state index contributed by atoms with van der Waals surface area (Å²) >= 11 is 0. The molecule has 0 spiro atoms. The highest BCUT2D eigenvalue weighted by Gasteiger charge is 2.48. The van der Waals surface area contributed by atoms with Crippen LogP contribution in [-0.2, 0) is 90.6 Å². The molecule has 3 heterocycles. The van der Waals surface area contributed by atoms with Gasteiger partial charge in [0.15, 0.2) is 18.9 Å². The summed E-state index contributed by atoms with van der Waals surface area (Å²) in [6.07, 6.45) is -11.3. The zero-order valence-electron chi connectivity index (χ0n) is 61.4. The van der Waals surface area contributed by atoms with Gasteiger partial charge in [-0.2, -0.15) is 0 Å². The highest BCUT2D eigenvalue weighted by molar-refractivity contribution is 5.80. The fraction of sp³-hybridized carbons (Fsp3) is 0.853. The van der Waals surface area contributed by atoms with Crippen LogP contribution in [0.25, 0.3) is 10.4 Å². The van der Waals surface area contributed by atoms with Crippen molar-refractivity contribution in [3.63, 3.8) is 0 Å². The third-order valence-corrected chi connectivity index (χ3v) is 17.5. The Morgan fingerprint density at radius 3 is 1.08 bits per heavy atom. The van der Waals surface area contributed by atoms with E-state index in [0.717, 1.165) is 0 Å². The topological polar surface area (TPSA) is 569 Å². The molecule has 0 aromatic heterocycles. The van der Waals surface area contributed by atoms with Crippen LogP contribution in [0.15, 0.2) is 5.11 Å². The van der Waals surface area contributed by atoms with E-state index >= 15 is 0 Å². The van der Waals surface area contributed by atoms with Gasteiger partial charge in [-0.05, 0) is 83.6 Å². The van der Waals surface area contributed by atoms with Gasteiger partial charge in [0.05, 0.1) is 71.7 Å². The monoisotopic (exact) mass is 1520 g/mol. The van der Waals surface area contributed by atoms with Crippen LogP contribution in [0.2, 0.25) is 0 Å². The van der Waals surface area contributed by atoms with Crippen LogP contribution < -0.4 is 37.2 Å².